The van der Waals surface area contributed by atoms with Gasteiger partial charge in [-0.25, -0.2) is 13.1 Å². The maximum Gasteiger partial charge on any atom is 0.240 e. The SMILES string of the molecule is CNS(=O)(=O)c1cccc(NCc2ccoc2)c1. The first-order valence-corrected chi connectivity index (χ1v) is 6.89. The molecule has 0 atom stereocenters. The standard InChI is InChI=1S/C12H14N2O3S/c1-13-18(15,16)12-4-2-3-11(7-12)14-8-10-5-6-17-9-10/h2-7,9,13-14H,8H2,1H3. The van der Waals surface area contributed by atoms with Gasteiger partial charge in [-0.05, 0) is 31.3 Å². The Morgan fingerprint density at radius 3 is 2.78 bits per heavy atom. The third-order valence-electron chi connectivity index (χ3n) is 2.49. The molecule has 2 N–H and O–H groups in total. The van der Waals surface area contributed by atoms with Gasteiger partial charge in [-0.1, -0.05) is 6.07 Å². The maximum absolute atomic E-state index is 11.6. The highest BCUT2D eigenvalue weighted by molar-refractivity contribution is 7.89. The smallest absolute Gasteiger partial charge is 0.240 e. The van der Waals surface area contributed by atoms with Gasteiger partial charge in [-0.2, -0.15) is 0 Å². The Kier molecular flexibility index (Phi) is 3.69. The van der Waals surface area contributed by atoms with E-state index >= 15 is 0 Å². The summed E-state index contributed by atoms with van der Waals surface area (Å²) in [6.45, 7) is 0.583. The van der Waals surface area contributed by atoms with E-state index in [0.717, 1.165) is 11.3 Å². The van der Waals surface area contributed by atoms with Crippen LogP contribution in [0.15, 0.2) is 52.2 Å². The zero-order valence-corrected chi connectivity index (χ0v) is 10.7. The molecule has 2 aromatic rings. The van der Waals surface area contributed by atoms with Crippen molar-refractivity contribution < 1.29 is 12.8 Å². The van der Waals surface area contributed by atoms with E-state index in [1.165, 1.54) is 7.05 Å². The molecular formula is C12H14N2O3S. The third-order valence-corrected chi connectivity index (χ3v) is 3.90. The molecular weight excluding hydrogens is 252 g/mol. The van der Waals surface area contributed by atoms with Gasteiger partial charge in [-0.15, -0.1) is 0 Å². The van der Waals surface area contributed by atoms with Gasteiger partial charge in [0.2, 0.25) is 10.0 Å². The monoisotopic (exact) mass is 266 g/mol. The molecule has 0 spiro atoms. The lowest BCUT2D eigenvalue weighted by Gasteiger charge is -2.07. The zero-order valence-electron chi connectivity index (χ0n) is 9.88. The molecule has 1 aromatic heterocycles. The Morgan fingerprint density at radius 1 is 1.28 bits per heavy atom. The van der Waals surface area contributed by atoms with E-state index in [1.54, 1.807) is 30.7 Å². The van der Waals surface area contributed by atoms with Crippen molar-refractivity contribution in [3.8, 4) is 0 Å². The first kappa shape index (κ1) is 12.7. The van der Waals surface area contributed by atoms with Gasteiger partial charge >= 0.3 is 0 Å². The Labute approximate surface area is 106 Å². The van der Waals surface area contributed by atoms with Crippen LogP contribution in [0.4, 0.5) is 5.69 Å². The normalized spacial score (nSPS) is 11.4. The molecule has 0 aliphatic heterocycles. The fourth-order valence-electron chi connectivity index (χ4n) is 1.49. The summed E-state index contributed by atoms with van der Waals surface area (Å²) in [4.78, 5) is 0.238. The molecule has 96 valence electrons. The summed E-state index contributed by atoms with van der Waals surface area (Å²) >= 11 is 0. The molecule has 0 bridgehead atoms. The first-order chi connectivity index (χ1) is 8.62. The molecule has 18 heavy (non-hydrogen) atoms. The van der Waals surface area contributed by atoms with Gasteiger partial charge < -0.3 is 9.73 Å². The van der Waals surface area contributed by atoms with Crippen LogP contribution in [0.1, 0.15) is 5.56 Å². The second kappa shape index (κ2) is 5.24. The predicted molar refractivity (Wildman–Crippen MR) is 68.7 cm³/mol. The van der Waals surface area contributed by atoms with Crippen molar-refractivity contribution in [2.24, 2.45) is 0 Å². The summed E-state index contributed by atoms with van der Waals surface area (Å²) in [5.41, 5.74) is 1.74. The van der Waals surface area contributed by atoms with Crippen LogP contribution in [0.3, 0.4) is 0 Å². The van der Waals surface area contributed by atoms with E-state index in [1.807, 2.05) is 12.1 Å². The minimum atomic E-state index is -3.40. The van der Waals surface area contributed by atoms with Gasteiger partial charge in [0, 0.05) is 17.8 Å². The molecule has 0 saturated heterocycles. The Balaban J connectivity index is 2.13. The van der Waals surface area contributed by atoms with Gasteiger partial charge in [0.15, 0.2) is 0 Å². The summed E-state index contributed by atoms with van der Waals surface area (Å²) in [6.07, 6.45) is 3.24. The topological polar surface area (TPSA) is 71.3 Å². The van der Waals surface area contributed by atoms with Crippen molar-refractivity contribution in [3.05, 3.63) is 48.4 Å². The van der Waals surface area contributed by atoms with Gasteiger partial charge in [0.05, 0.1) is 17.4 Å². The average molecular weight is 266 g/mol. The zero-order chi connectivity index (χ0) is 13.0. The number of hydrogen-bond donors (Lipinski definition) is 2. The van der Waals surface area contributed by atoms with Crippen LogP contribution in [-0.2, 0) is 16.6 Å². The number of rotatable bonds is 5. The largest absolute Gasteiger partial charge is 0.472 e. The van der Waals surface area contributed by atoms with Crippen LogP contribution < -0.4 is 10.0 Å². The molecule has 1 heterocycles. The second-order valence-corrected chi connectivity index (χ2v) is 5.61. The molecule has 0 radical (unpaired) electrons. The second-order valence-electron chi connectivity index (χ2n) is 3.72. The highest BCUT2D eigenvalue weighted by atomic mass is 32.2. The number of benzene rings is 1. The number of furan rings is 1. The molecule has 0 fully saturated rings. The fourth-order valence-corrected chi connectivity index (χ4v) is 2.26. The van der Waals surface area contributed by atoms with Gasteiger partial charge in [0.1, 0.15) is 0 Å². The van der Waals surface area contributed by atoms with Crippen LogP contribution >= 0.6 is 0 Å². The Hall–Kier alpha value is -1.79. The van der Waals surface area contributed by atoms with Crippen molar-refractivity contribution in [1.82, 2.24) is 4.72 Å². The van der Waals surface area contributed by atoms with Crippen LogP contribution in [0.5, 0.6) is 0 Å². The molecule has 0 aliphatic rings. The van der Waals surface area contributed by atoms with E-state index in [0.29, 0.717) is 6.54 Å². The van der Waals surface area contributed by atoms with Crippen molar-refractivity contribution in [3.63, 3.8) is 0 Å². The molecule has 5 nitrogen and oxygen atoms in total. The lowest BCUT2D eigenvalue weighted by molar-refractivity contribution is 0.564. The maximum atomic E-state index is 11.6. The van der Waals surface area contributed by atoms with E-state index in [4.69, 9.17) is 4.42 Å². The lowest BCUT2D eigenvalue weighted by atomic mass is 10.3. The number of nitrogens with one attached hydrogen (secondary N) is 2. The molecule has 6 heteroatoms. The highest BCUT2D eigenvalue weighted by Crippen LogP contribution is 2.16. The highest BCUT2D eigenvalue weighted by Gasteiger charge is 2.11. The summed E-state index contributed by atoms with van der Waals surface area (Å²) in [7, 11) is -2.01. The lowest BCUT2D eigenvalue weighted by Crippen LogP contribution is -2.18. The van der Waals surface area contributed by atoms with Crippen LogP contribution in [0, 0.1) is 0 Å². The van der Waals surface area contributed by atoms with Gasteiger partial charge in [0.25, 0.3) is 0 Å². The van der Waals surface area contributed by atoms with E-state index in [2.05, 4.69) is 10.0 Å². The first-order valence-electron chi connectivity index (χ1n) is 5.40. The summed E-state index contributed by atoms with van der Waals surface area (Å²) < 4.78 is 30.5. The molecule has 0 unspecified atom stereocenters. The van der Waals surface area contributed by atoms with E-state index in [9.17, 15) is 8.42 Å². The minimum absolute atomic E-state index is 0.238. The Morgan fingerprint density at radius 2 is 2.11 bits per heavy atom. The molecule has 0 saturated carbocycles. The van der Waals surface area contributed by atoms with Crippen molar-refractivity contribution in [2.75, 3.05) is 12.4 Å². The summed E-state index contributed by atoms with van der Waals surface area (Å²) in [6, 6.07) is 8.50. The predicted octanol–water partition coefficient (Wildman–Crippen LogP) is 1.80. The van der Waals surface area contributed by atoms with Crippen LogP contribution in [0.2, 0.25) is 0 Å². The summed E-state index contributed by atoms with van der Waals surface area (Å²) in [5, 5.41) is 3.13. The quantitative estimate of drug-likeness (QED) is 0.865. The van der Waals surface area contributed by atoms with Crippen molar-refractivity contribution >= 4 is 15.7 Å². The van der Waals surface area contributed by atoms with Crippen LogP contribution in [-0.4, -0.2) is 15.5 Å². The Bertz CT molecular complexity index is 606. The average Bonchev–Trinajstić information content (AvgIpc) is 2.90. The fraction of sp³-hybridized carbons (Fsp3) is 0.167. The molecule has 0 aliphatic carbocycles. The van der Waals surface area contributed by atoms with E-state index < -0.39 is 10.0 Å². The summed E-state index contributed by atoms with van der Waals surface area (Å²) in [5.74, 6) is 0. The molecule has 2 rings (SSSR count). The number of hydrogen-bond acceptors (Lipinski definition) is 4. The molecule has 1 aromatic carbocycles. The molecule has 0 amide bonds. The van der Waals surface area contributed by atoms with Crippen molar-refractivity contribution in [1.29, 1.82) is 0 Å². The minimum Gasteiger partial charge on any atom is -0.472 e. The third kappa shape index (κ3) is 2.91. The number of sulfonamides is 1. The van der Waals surface area contributed by atoms with Crippen LogP contribution in [0.25, 0.3) is 0 Å². The van der Waals surface area contributed by atoms with E-state index in [-0.39, 0.29) is 4.90 Å². The van der Waals surface area contributed by atoms with Crippen molar-refractivity contribution in [2.45, 2.75) is 11.4 Å². The number of anilines is 1. The van der Waals surface area contributed by atoms with Gasteiger partial charge in [-0.3, -0.25) is 0 Å².